The number of carbonyl (C=O) groups excluding carboxylic acids is 1. The van der Waals surface area contributed by atoms with Crippen molar-refractivity contribution in [1.29, 1.82) is 0 Å². The molecule has 1 aliphatic rings. The van der Waals surface area contributed by atoms with Crippen molar-refractivity contribution in [2.24, 2.45) is 0 Å². The van der Waals surface area contributed by atoms with Crippen molar-refractivity contribution < 1.29 is 4.79 Å². The summed E-state index contributed by atoms with van der Waals surface area (Å²) >= 11 is 1.86. The molecule has 4 heteroatoms. The summed E-state index contributed by atoms with van der Waals surface area (Å²) in [6.07, 6.45) is 1.76. The Balaban J connectivity index is 2.01. The van der Waals surface area contributed by atoms with E-state index >= 15 is 0 Å². The van der Waals surface area contributed by atoms with Crippen LogP contribution in [0.1, 0.15) is 10.4 Å². The molecule has 3 nitrogen and oxygen atoms in total. The second kappa shape index (κ2) is 5.31. The zero-order valence-corrected chi connectivity index (χ0v) is 11.7. The highest BCUT2D eigenvalue weighted by Gasteiger charge is 2.28. The van der Waals surface area contributed by atoms with Crippen LogP contribution in [-0.2, 0) is 0 Å². The molecule has 0 spiro atoms. The van der Waals surface area contributed by atoms with Gasteiger partial charge in [-0.1, -0.05) is 18.2 Å². The third kappa shape index (κ3) is 2.38. The molecule has 3 rings (SSSR count). The van der Waals surface area contributed by atoms with E-state index in [1.54, 1.807) is 6.20 Å². The number of ketones is 1. The number of hydrogen-bond donors (Lipinski definition) is 0. The molecule has 2 aromatic rings. The van der Waals surface area contributed by atoms with E-state index in [-0.39, 0.29) is 11.8 Å². The predicted octanol–water partition coefficient (Wildman–Crippen LogP) is 2.46. The third-order valence-corrected chi connectivity index (χ3v) is 4.63. The van der Waals surface area contributed by atoms with Crippen LogP contribution in [0.4, 0.5) is 0 Å². The van der Waals surface area contributed by atoms with E-state index in [0.717, 1.165) is 34.5 Å². The van der Waals surface area contributed by atoms with E-state index in [9.17, 15) is 4.79 Å². The summed E-state index contributed by atoms with van der Waals surface area (Å²) in [7, 11) is 2.03. The first-order valence-corrected chi connectivity index (χ1v) is 7.59. The molecule has 0 saturated carbocycles. The maximum absolute atomic E-state index is 12.7. The molecule has 1 aromatic heterocycles. The van der Waals surface area contributed by atoms with Crippen LogP contribution in [0.25, 0.3) is 10.9 Å². The number of rotatable bonds is 2. The Bertz CT molecular complexity index is 609. The lowest BCUT2D eigenvalue weighted by molar-refractivity contribution is 0.0876. The molecule has 1 saturated heterocycles. The molecular formula is C15H16N2OS. The van der Waals surface area contributed by atoms with Gasteiger partial charge in [-0.2, -0.15) is 11.8 Å². The highest BCUT2D eigenvalue weighted by Crippen LogP contribution is 2.23. The minimum atomic E-state index is -0.00967. The number of aromatic nitrogens is 1. The number of fused-ring (bicyclic) bond motifs is 1. The first-order valence-electron chi connectivity index (χ1n) is 6.43. The van der Waals surface area contributed by atoms with E-state index in [1.165, 1.54) is 0 Å². The van der Waals surface area contributed by atoms with Gasteiger partial charge < -0.3 is 0 Å². The molecule has 2 heterocycles. The van der Waals surface area contributed by atoms with E-state index < -0.39 is 0 Å². The Hall–Kier alpha value is -1.39. The maximum atomic E-state index is 12.7. The number of Topliss-reactive ketones (excluding diaryl/α,β-unsaturated/α-hetero) is 1. The zero-order chi connectivity index (χ0) is 13.2. The average molecular weight is 272 g/mol. The van der Waals surface area contributed by atoms with E-state index in [4.69, 9.17) is 0 Å². The van der Waals surface area contributed by atoms with Gasteiger partial charge in [-0.05, 0) is 19.2 Å². The van der Waals surface area contributed by atoms with Crippen LogP contribution in [-0.4, -0.2) is 46.8 Å². The van der Waals surface area contributed by atoms with Crippen LogP contribution in [0.2, 0.25) is 0 Å². The topological polar surface area (TPSA) is 33.2 Å². The van der Waals surface area contributed by atoms with Crippen molar-refractivity contribution in [2.45, 2.75) is 6.04 Å². The molecule has 1 fully saturated rings. The van der Waals surface area contributed by atoms with Crippen LogP contribution in [0.5, 0.6) is 0 Å². The molecule has 1 aliphatic heterocycles. The Morgan fingerprint density at radius 3 is 3.11 bits per heavy atom. The predicted molar refractivity (Wildman–Crippen MR) is 79.8 cm³/mol. The molecule has 98 valence electrons. The summed E-state index contributed by atoms with van der Waals surface area (Å²) in [5.41, 5.74) is 1.68. The fraction of sp³-hybridized carbons (Fsp3) is 0.333. The molecule has 0 radical (unpaired) electrons. The lowest BCUT2D eigenvalue weighted by Crippen LogP contribution is -2.44. The van der Waals surface area contributed by atoms with Gasteiger partial charge in [-0.3, -0.25) is 14.7 Å². The standard InChI is InChI=1S/C15H16N2OS/c1-17-8-9-19-10-14(17)15(18)12-4-2-6-13-11(12)5-3-7-16-13/h2-7,14H,8-10H2,1H3. The molecule has 19 heavy (non-hydrogen) atoms. The summed E-state index contributed by atoms with van der Waals surface area (Å²) in [6, 6.07) is 9.64. The van der Waals surface area contributed by atoms with Crippen molar-refractivity contribution in [2.75, 3.05) is 25.1 Å². The molecule has 0 aliphatic carbocycles. The highest BCUT2D eigenvalue weighted by molar-refractivity contribution is 7.99. The lowest BCUT2D eigenvalue weighted by atomic mass is 9.99. The van der Waals surface area contributed by atoms with Crippen molar-refractivity contribution in [3.05, 3.63) is 42.1 Å². The number of nitrogens with zero attached hydrogens (tertiary/aromatic N) is 2. The molecule has 0 amide bonds. The van der Waals surface area contributed by atoms with Gasteiger partial charge in [0.1, 0.15) is 0 Å². The lowest BCUT2D eigenvalue weighted by Gasteiger charge is -2.31. The highest BCUT2D eigenvalue weighted by atomic mass is 32.2. The first kappa shape index (κ1) is 12.6. The second-order valence-electron chi connectivity index (χ2n) is 4.81. The van der Waals surface area contributed by atoms with Crippen molar-refractivity contribution in [3.63, 3.8) is 0 Å². The Morgan fingerprint density at radius 2 is 2.26 bits per heavy atom. The summed E-state index contributed by atoms with van der Waals surface area (Å²) < 4.78 is 0. The average Bonchev–Trinajstić information content (AvgIpc) is 2.46. The van der Waals surface area contributed by atoms with Crippen LogP contribution in [0.15, 0.2) is 36.5 Å². The number of carbonyl (C=O) groups is 1. The fourth-order valence-electron chi connectivity index (χ4n) is 2.46. The van der Waals surface area contributed by atoms with Gasteiger partial charge in [0.15, 0.2) is 5.78 Å². The summed E-state index contributed by atoms with van der Waals surface area (Å²) in [4.78, 5) is 19.2. The van der Waals surface area contributed by atoms with Gasteiger partial charge >= 0.3 is 0 Å². The smallest absolute Gasteiger partial charge is 0.181 e. The van der Waals surface area contributed by atoms with Crippen LogP contribution >= 0.6 is 11.8 Å². The quantitative estimate of drug-likeness (QED) is 0.786. The van der Waals surface area contributed by atoms with Gasteiger partial charge in [-0.15, -0.1) is 0 Å². The minimum absolute atomic E-state index is 0.00967. The van der Waals surface area contributed by atoms with E-state index in [2.05, 4.69) is 9.88 Å². The Morgan fingerprint density at radius 1 is 1.37 bits per heavy atom. The van der Waals surface area contributed by atoms with Gasteiger partial charge in [0, 0.05) is 35.2 Å². The molecular weight excluding hydrogens is 256 g/mol. The number of pyridine rings is 1. The molecule has 0 bridgehead atoms. The summed E-state index contributed by atoms with van der Waals surface area (Å²) in [5, 5.41) is 0.957. The van der Waals surface area contributed by atoms with Crippen molar-refractivity contribution >= 4 is 28.4 Å². The Labute approximate surface area is 117 Å². The number of hydrogen-bond acceptors (Lipinski definition) is 4. The number of thioether (sulfide) groups is 1. The van der Waals surface area contributed by atoms with Crippen molar-refractivity contribution in [3.8, 4) is 0 Å². The first-order chi connectivity index (χ1) is 9.27. The zero-order valence-electron chi connectivity index (χ0n) is 10.9. The van der Waals surface area contributed by atoms with Gasteiger partial charge in [0.2, 0.25) is 0 Å². The van der Waals surface area contributed by atoms with E-state index in [1.807, 2.05) is 49.1 Å². The van der Waals surface area contributed by atoms with Gasteiger partial charge in [0.25, 0.3) is 0 Å². The van der Waals surface area contributed by atoms with Crippen molar-refractivity contribution in [1.82, 2.24) is 9.88 Å². The normalized spacial score (nSPS) is 20.6. The van der Waals surface area contributed by atoms with Crippen LogP contribution in [0.3, 0.4) is 0 Å². The molecule has 1 unspecified atom stereocenters. The second-order valence-corrected chi connectivity index (χ2v) is 5.96. The van der Waals surface area contributed by atoms with Gasteiger partial charge in [-0.25, -0.2) is 0 Å². The summed E-state index contributed by atoms with van der Waals surface area (Å²) in [6.45, 7) is 0.976. The SMILES string of the molecule is CN1CCSCC1C(=O)c1cccc2ncccc12. The minimum Gasteiger partial charge on any atom is -0.295 e. The number of benzene rings is 1. The van der Waals surface area contributed by atoms with E-state index in [0.29, 0.717) is 0 Å². The molecule has 1 aromatic carbocycles. The maximum Gasteiger partial charge on any atom is 0.181 e. The summed E-state index contributed by atoms with van der Waals surface area (Å²) in [5.74, 6) is 2.21. The fourth-order valence-corrected chi connectivity index (χ4v) is 3.67. The molecule has 0 N–H and O–H groups in total. The van der Waals surface area contributed by atoms with Crippen LogP contribution < -0.4 is 0 Å². The molecule has 1 atom stereocenters. The largest absolute Gasteiger partial charge is 0.295 e. The third-order valence-electron chi connectivity index (χ3n) is 3.61. The van der Waals surface area contributed by atoms with Gasteiger partial charge in [0.05, 0.1) is 11.6 Å². The van der Waals surface area contributed by atoms with Crippen LogP contribution in [0, 0.1) is 0 Å². The monoisotopic (exact) mass is 272 g/mol. The number of likely N-dealkylation sites (N-methyl/N-ethyl adjacent to an activating group) is 1. The Kier molecular flexibility index (Phi) is 3.53.